The first-order valence-corrected chi connectivity index (χ1v) is 8.95. The lowest BCUT2D eigenvalue weighted by atomic mass is 9.97. The molecule has 0 spiro atoms. The van der Waals surface area contributed by atoms with E-state index in [2.05, 4.69) is 17.4 Å². The molecule has 3 rings (SSSR count). The van der Waals surface area contributed by atoms with Gasteiger partial charge >= 0.3 is 12.0 Å². The van der Waals surface area contributed by atoms with Crippen LogP contribution in [0.1, 0.15) is 45.2 Å². The Morgan fingerprint density at radius 2 is 1.80 bits per heavy atom. The number of rotatable bonds is 3. The molecule has 0 unspecified atom stereocenters. The van der Waals surface area contributed by atoms with E-state index in [0.717, 1.165) is 18.4 Å². The number of benzene rings is 1. The van der Waals surface area contributed by atoms with Crippen molar-refractivity contribution < 1.29 is 14.4 Å². The van der Waals surface area contributed by atoms with E-state index in [4.69, 9.17) is 4.84 Å². The Kier molecular flexibility index (Phi) is 4.99. The predicted octanol–water partition coefficient (Wildman–Crippen LogP) is 2.72. The van der Waals surface area contributed by atoms with Crippen molar-refractivity contribution in [3.63, 3.8) is 0 Å². The Labute approximate surface area is 149 Å². The number of hydrogen-bond acceptors (Lipinski definition) is 4. The van der Waals surface area contributed by atoms with E-state index in [1.165, 1.54) is 0 Å². The molecule has 0 radical (unpaired) electrons. The van der Waals surface area contributed by atoms with Gasteiger partial charge in [-0.05, 0) is 39.2 Å². The van der Waals surface area contributed by atoms with Gasteiger partial charge in [-0.1, -0.05) is 30.3 Å². The summed E-state index contributed by atoms with van der Waals surface area (Å²) in [6.07, 6.45) is 1.60. The average molecular weight is 345 g/mol. The van der Waals surface area contributed by atoms with E-state index in [0.29, 0.717) is 19.6 Å². The van der Waals surface area contributed by atoms with Crippen LogP contribution in [0.2, 0.25) is 0 Å². The molecule has 0 aliphatic carbocycles. The first-order valence-electron chi connectivity index (χ1n) is 8.95. The summed E-state index contributed by atoms with van der Waals surface area (Å²) in [7, 11) is 0. The highest BCUT2D eigenvalue weighted by Crippen LogP contribution is 2.31. The molecule has 2 saturated heterocycles. The molecule has 2 fully saturated rings. The minimum atomic E-state index is -0.510. The number of piperidine rings is 1. The minimum Gasteiger partial charge on any atom is -0.367 e. The van der Waals surface area contributed by atoms with Gasteiger partial charge in [0.15, 0.2) is 0 Å². The van der Waals surface area contributed by atoms with Gasteiger partial charge in [0.05, 0.1) is 11.5 Å². The number of hydroxylamine groups is 2. The number of hydrogen-bond donors (Lipinski definition) is 1. The van der Waals surface area contributed by atoms with Crippen molar-refractivity contribution in [1.29, 1.82) is 0 Å². The SMILES string of the molecule is CC(C)(C)C(=O)ON1CCC(N2C(=O)NC[C@H]2c2ccccc2)CC1. The number of urea groups is 1. The molecular weight excluding hydrogens is 318 g/mol. The third kappa shape index (κ3) is 3.95. The highest BCUT2D eigenvalue weighted by Gasteiger charge is 2.39. The smallest absolute Gasteiger partial charge is 0.330 e. The van der Waals surface area contributed by atoms with E-state index in [1.54, 1.807) is 5.06 Å². The van der Waals surface area contributed by atoms with Gasteiger partial charge in [0, 0.05) is 25.7 Å². The van der Waals surface area contributed by atoms with Gasteiger partial charge < -0.3 is 15.1 Å². The van der Waals surface area contributed by atoms with Gasteiger partial charge in [0.25, 0.3) is 0 Å². The maximum Gasteiger partial charge on any atom is 0.330 e. The normalized spacial score (nSPS) is 22.8. The maximum atomic E-state index is 12.4. The molecule has 2 amide bonds. The molecule has 0 aromatic heterocycles. The van der Waals surface area contributed by atoms with Crippen LogP contribution in [0, 0.1) is 5.41 Å². The highest BCUT2D eigenvalue weighted by molar-refractivity contribution is 5.77. The van der Waals surface area contributed by atoms with Gasteiger partial charge in [-0.15, -0.1) is 5.06 Å². The maximum absolute atomic E-state index is 12.4. The monoisotopic (exact) mass is 345 g/mol. The van der Waals surface area contributed by atoms with E-state index in [1.807, 2.05) is 43.9 Å². The summed E-state index contributed by atoms with van der Waals surface area (Å²) in [6.45, 7) is 7.49. The molecule has 0 saturated carbocycles. The standard InChI is InChI=1S/C19H27N3O3/c1-19(2,3)17(23)25-21-11-9-15(10-12-21)22-16(13-20-18(22)24)14-7-5-4-6-8-14/h4-8,15-16H,9-13H2,1-3H3,(H,20,24)/t16-/m0/s1. The van der Waals surface area contributed by atoms with Crippen molar-refractivity contribution >= 4 is 12.0 Å². The summed E-state index contributed by atoms with van der Waals surface area (Å²) in [6, 6.07) is 10.4. The number of nitrogens with one attached hydrogen (secondary N) is 1. The first-order chi connectivity index (χ1) is 11.9. The second-order valence-electron chi connectivity index (χ2n) is 7.81. The lowest BCUT2D eigenvalue weighted by Crippen LogP contribution is -2.47. The first kappa shape index (κ1) is 17.7. The Hall–Kier alpha value is -2.08. The van der Waals surface area contributed by atoms with Crippen LogP contribution in [0.25, 0.3) is 0 Å². The van der Waals surface area contributed by atoms with Gasteiger partial charge in [0.2, 0.25) is 0 Å². The van der Waals surface area contributed by atoms with Crippen LogP contribution in [-0.2, 0) is 9.63 Å². The van der Waals surface area contributed by atoms with E-state index in [9.17, 15) is 9.59 Å². The molecule has 1 atom stereocenters. The van der Waals surface area contributed by atoms with Gasteiger partial charge in [0.1, 0.15) is 0 Å². The summed E-state index contributed by atoms with van der Waals surface area (Å²) in [5, 5.41) is 4.70. The number of carbonyl (C=O) groups is 2. The molecule has 1 aromatic carbocycles. The quantitative estimate of drug-likeness (QED) is 0.915. The number of amides is 2. The van der Waals surface area contributed by atoms with Crippen molar-refractivity contribution in [2.24, 2.45) is 5.41 Å². The largest absolute Gasteiger partial charge is 0.367 e. The van der Waals surface area contributed by atoms with Crippen molar-refractivity contribution in [3.05, 3.63) is 35.9 Å². The van der Waals surface area contributed by atoms with Crippen molar-refractivity contribution in [2.45, 2.75) is 45.7 Å². The van der Waals surface area contributed by atoms with Crippen molar-refractivity contribution in [2.75, 3.05) is 19.6 Å². The molecule has 1 N–H and O–H groups in total. The average Bonchev–Trinajstić information content (AvgIpc) is 2.97. The van der Waals surface area contributed by atoms with Gasteiger partial charge in [-0.25, -0.2) is 9.59 Å². The highest BCUT2D eigenvalue weighted by atomic mass is 16.7. The summed E-state index contributed by atoms with van der Waals surface area (Å²) < 4.78 is 0. The van der Waals surface area contributed by atoms with Crippen LogP contribution >= 0.6 is 0 Å². The van der Waals surface area contributed by atoms with Crippen LogP contribution in [0.3, 0.4) is 0 Å². The second kappa shape index (κ2) is 7.04. The molecule has 25 heavy (non-hydrogen) atoms. The predicted molar refractivity (Wildman–Crippen MR) is 94.6 cm³/mol. The Bertz CT molecular complexity index is 619. The molecule has 2 aliphatic rings. The third-order valence-corrected chi connectivity index (χ3v) is 4.84. The third-order valence-electron chi connectivity index (χ3n) is 4.84. The van der Waals surface area contributed by atoms with E-state index in [-0.39, 0.29) is 24.1 Å². The van der Waals surface area contributed by atoms with Crippen LogP contribution < -0.4 is 5.32 Å². The Morgan fingerprint density at radius 3 is 2.40 bits per heavy atom. The zero-order valence-electron chi connectivity index (χ0n) is 15.2. The molecular formula is C19H27N3O3. The minimum absolute atomic E-state index is 0.000936. The van der Waals surface area contributed by atoms with Gasteiger partial charge in [-0.2, -0.15) is 0 Å². The lowest BCUT2D eigenvalue weighted by molar-refractivity contribution is -0.206. The van der Waals surface area contributed by atoms with E-state index >= 15 is 0 Å². The van der Waals surface area contributed by atoms with Crippen molar-refractivity contribution in [3.8, 4) is 0 Å². The number of carbonyl (C=O) groups excluding carboxylic acids is 2. The fourth-order valence-electron chi connectivity index (χ4n) is 3.35. The lowest BCUT2D eigenvalue weighted by Gasteiger charge is -2.38. The van der Waals surface area contributed by atoms with Crippen LogP contribution in [-0.4, -0.2) is 47.6 Å². The van der Waals surface area contributed by atoms with E-state index < -0.39 is 5.41 Å². The van der Waals surface area contributed by atoms with Crippen LogP contribution in [0.5, 0.6) is 0 Å². The summed E-state index contributed by atoms with van der Waals surface area (Å²) >= 11 is 0. The fourth-order valence-corrected chi connectivity index (χ4v) is 3.35. The topological polar surface area (TPSA) is 61.9 Å². The molecule has 2 aliphatic heterocycles. The fraction of sp³-hybridized carbons (Fsp3) is 0.579. The number of nitrogens with zero attached hydrogens (tertiary/aromatic N) is 2. The molecule has 1 aromatic rings. The zero-order valence-corrected chi connectivity index (χ0v) is 15.2. The molecule has 136 valence electrons. The van der Waals surface area contributed by atoms with Crippen LogP contribution in [0.15, 0.2) is 30.3 Å². The molecule has 6 nitrogen and oxygen atoms in total. The molecule has 0 bridgehead atoms. The van der Waals surface area contributed by atoms with Crippen molar-refractivity contribution in [1.82, 2.24) is 15.3 Å². The Morgan fingerprint density at radius 1 is 1.16 bits per heavy atom. The summed E-state index contributed by atoms with van der Waals surface area (Å²) in [5.41, 5.74) is 0.645. The summed E-state index contributed by atoms with van der Waals surface area (Å²) in [5.74, 6) is -0.216. The zero-order chi connectivity index (χ0) is 18.0. The molecule has 6 heteroatoms. The molecule has 2 heterocycles. The Balaban J connectivity index is 1.61. The van der Waals surface area contributed by atoms with Crippen LogP contribution in [0.4, 0.5) is 4.79 Å². The van der Waals surface area contributed by atoms with Gasteiger partial charge in [-0.3, -0.25) is 0 Å². The summed E-state index contributed by atoms with van der Waals surface area (Å²) in [4.78, 5) is 31.8. The second-order valence-corrected chi connectivity index (χ2v) is 7.81.